The van der Waals surface area contributed by atoms with Gasteiger partial charge in [-0.05, 0) is 24.3 Å². The Morgan fingerprint density at radius 2 is 2.17 bits per heavy atom. The van der Waals surface area contributed by atoms with Gasteiger partial charge in [0, 0.05) is 42.2 Å². The van der Waals surface area contributed by atoms with Crippen LogP contribution >= 0.6 is 11.3 Å². The summed E-state index contributed by atoms with van der Waals surface area (Å²) in [4.78, 5) is 12.3. The van der Waals surface area contributed by atoms with Crippen molar-refractivity contribution < 1.29 is 17.8 Å². The molecule has 13 heteroatoms. The number of aryl methyl sites for hydroxylation is 1. The maximum absolute atomic E-state index is 12.7. The van der Waals surface area contributed by atoms with Crippen molar-refractivity contribution in [2.75, 3.05) is 11.8 Å². The molecule has 0 atom stereocenters. The molecule has 0 bridgehead atoms. The lowest BCUT2D eigenvalue weighted by Crippen LogP contribution is -2.27. The highest BCUT2D eigenvalue weighted by molar-refractivity contribution is 7.93. The summed E-state index contributed by atoms with van der Waals surface area (Å²) in [5.41, 5.74) is 8.44. The number of hydrogen-bond acceptors (Lipinski definition) is 9. The van der Waals surface area contributed by atoms with Gasteiger partial charge in [0.1, 0.15) is 11.8 Å². The molecule has 3 heterocycles. The summed E-state index contributed by atoms with van der Waals surface area (Å²) < 4.78 is 35.7. The Morgan fingerprint density at radius 1 is 1.33 bits per heavy atom. The van der Waals surface area contributed by atoms with Crippen LogP contribution in [0.5, 0.6) is 11.5 Å². The van der Waals surface area contributed by atoms with Crippen molar-refractivity contribution in [2.45, 2.75) is 4.90 Å². The summed E-state index contributed by atoms with van der Waals surface area (Å²) in [6.07, 6.45) is 9.65. The summed E-state index contributed by atoms with van der Waals surface area (Å²) in [5, 5.41) is 14.7. The molecule has 11 nitrogen and oxygen atoms in total. The second-order valence-corrected chi connectivity index (χ2v) is 9.94. The number of aliphatic imine (C=N–C) groups is 1. The molecule has 0 aliphatic carbocycles. The van der Waals surface area contributed by atoms with Gasteiger partial charge in [-0.1, -0.05) is 0 Å². The largest absolute Gasteiger partial charge is 0.454 e. The van der Waals surface area contributed by atoms with E-state index in [0.29, 0.717) is 22.6 Å². The number of allylic oxidation sites excluding steroid dienone is 1. The van der Waals surface area contributed by atoms with Crippen molar-refractivity contribution in [1.82, 2.24) is 15.1 Å². The highest BCUT2D eigenvalue weighted by Crippen LogP contribution is 2.35. The molecule has 0 saturated heterocycles. The molecule has 36 heavy (non-hydrogen) atoms. The summed E-state index contributed by atoms with van der Waals surface area (Å²) in [6.45, 7) is 0. The predicted molar refractivity (Wildman–Crippen MR) is 136 cm³/mol. The number of sulfonamides is 1. The standard InChI is InChI=1S/C23H20N8O3S2/c1-26-11-16(10-25)20-8-19(17-12-29-31(2)14-17)22(13-28-20)34-21-4-3-18(7-15(21)9-24)36(32,33)30-23-27-5-6-35-23/h3-8,10-14H,1-2H3,(H3,25,26,27,28,30)/p+1. The van der Waals surface area contributed by atoms with Crippen LogP contribution in [0.3, 0.4) is 0 Å². The molecule has 182 valence electrons. The number of thiazole rings is 1. The Balaban J connectivity index is 1.73. The maximum atomic E-state index is 12.7. The van der Waals surface area contributed by atoms with Crippen LogP contribution < -0.4 is 19.9 Å². The first-order chi connectivity index (χ1) is 17.3. The molecule has 0 amide bonds. The summed E-state index contributed by atoms with van der Waals surface area (Å²) >= 11 is 1.15. The fourth-order valence-corrected chi connectivity index (χ4v) is 5.08. The van der Waals surface area contributed by atoms with E-state index in [-0.39, 0.29) is 21.3 Å². The first-order valence-corrected chi connectivity index (χ1v) is 12.7. The predicted octanol–water partition coefficient (Wildman–Crippen LogP) is 2.82. The zero-order valence-electron chi connectivity index (χ0n) is 19.2. The van der Waals surface area contributed by atoms with Crippen LogP contribution in [0.25, 0.3) is 16.7 Å². The number of anilines is 1. The molecule has 0 radical (unpaired) electrons. The van der Waals surface area contributed by atoms with Crippen molar-refractivity contribution in [3.8, 4) is 28.7 Å². The van der Waals surface area contributed by atoms with Gasteiger partial charge >= 0.3 is 0 Å². The number of aromatic amines is 1. The molecule has 1 aromatic carbocycles. The Labute approximate surface area is 211 Å². The number of benzene rings is 1. The quantitative estimate of drug-likeness (QED) is 0.237. The summed E-state index contributed by atoms with van der Waals surface area (Å²) in [7, 11) is -0.462. The first-order valence-electron chi connectivity index (χ1n) is 10.4. The van der Waals surface area contributed by atoms with Gasteiger partial charge < -0.3 is 10.5 Å². The van der Waals surface area contributed by atoms with E-state index in [2.05, 4.69) is 24.8 Å². The number of nitrogens with two attached hydrogens (primary N) is 1. The van der Waals surface area contributed by atoms with Crippen LogP contribution in [0.4, 0.5) is 5.13 Å². The Bertz CT molecular complexity index is 1600. The summed E-state index contributed by atoms with van der Waals surface area (Å²) in [6, 6.07) is 7.83. The minimum atomic E-state index is -3.94. The molecule has 0 aliphatic heterocycles. The fraction of sp³-hybridized carbons (Fsp3) is 0.0870. The minimum Gasteiger partial charge on any atom is -0.454 e. The second-order valence-electron chi connectivity index (χ2n) is 7.36. The van der Waals surface area contributed by atoms with E-state index in [1.807, 2.05) is 19.3 Å². The Morgan fingerprint density at radius 3 is 2.81 bits per heavy atom. The van der Waals surface area contributed by atoms with Gasteiger partial charge in [0.25, 0.3) is 10.0 Å². The van der Waals surface area contributed by atoms with E-state index in [4.69, 9.17) is 10.5 Å². The van der Waals surface area contributed by atoms with E-state index in [9.17, 15) is 13.7 Å². The summed E-state index contributed by atoms with van der Waals surface area (Å²) in [5.74, 6) is 0.530. The molecule has 0 saturated carbocycles. The Kier molecular flexibility index (Phi) is 7.09. The average Bonchev–Trinajstić information content (AvgIpc) is 3.54. The lowest BCUT2D eigenvalue weighted by atomic mass is 10.1. The van der Waals surface area contributed by atoms with E-state index in [1.165, 1.54) is 36.8 Å². The number of pyridine rings is 1. The van der Waals surface area contributed by atoms with Gasteiger partial charge in [-0.15, -0.1) is 16.0 Å². The van der Waals surface area contributed by atoms with Crippen LogP contribution in [0.15, 0.2) is 70.5 Å². The number of nitriles is 1. The molecule has 4 rings (SSSR count). The number of rotatable bonds is 8. The van der Waals surface area contributed by atoms with Gasteiger partial charge in [-0.2, -0.15) is 10.4 Å². The lowest BCUT2D eigenvalue weighted by Gasteiger charge is -2.13. The smallest absolute Gasteiger partial charge is 0.263 e. The number of hydrogen-bond donors (Lipinski definition) is 3. The number of ether oxygens (including phenoxy) is 1. The number of H-pyrrole nitrogens is 1. The minimum absolute atomic E-state index is 0.0346. The molecular formula is C23H21N8O3S2+. The van der Waals surface area contributed by atoms with Gasteiger partial charge in [-0.3, -0.25) is 14.7 Å². The van der Waals surface area contributed by atoms with Crippen molar-refractivity contribution in [1.29, 1.82) is 5.26 Å². The molecule has 0 fully saturated rings. The van der Waals surface area contributed by atoms with Gasteiger partial charge in [0.2, 0.25) is 6.20 Å². The zero-order chi connectivity index (χ0) is 25.7. The molecule has 4 aromatic rings. The topological polar surface area (TPSA) is 163 Å². The third-order valence-electron chi connectivity index (χ3n) is 4.93. The van der Waals surface area contributed by atoms with E-state index < -0.39 is 10.0 Å². The van der Waals surface area contributed by atoms with Crippen molar-refractivity contribution in [3.05, 3.63) is 71.9 Å². The zero-order valence-corrected chi connectivity index (χ0v) is 20.8. The fourth-order valence-electron chi connectivity index (χ4n) is 3.26. The third kappa shape index (κ3) is 5.24. The number of aromatic nitrogens is 4. The highest BCUT2D eigenvalue weighted by atomic mass is 32.2. The molecule has 0 spiro atoms. The van der Waals surface area contributed by atoms with Crippen LogP contribution in [0, 0.1) is 11.3 Å². The van der Waals surface area contributed by atoms with Crippen molar-refractivity contribution >= 4 is 38.3 Å². The van der Waals surface area contributed by atoms with Gasteiger partial charge in [0.15, 0.2) is 17.9 Å². The molecular weight excluding hydrogens is 500 g/mol. The lowest BCUT2D eigenvalue weighted by molar-refractivity contribution is -0.726. The highest BCUT2D eigenvalue weighted by Gasteiger charge is 2.20. The molecule has 0 unspecified atom stereocenters. The number of nitrogens with zero attached hydrogens (tertiary/aromatic N) is 5. The molecule has 0 aliphatic rings. The van der Waals surface area contributed by atoms with E-state index >= 15 is 0 Å². The van der Waals surface area contributed by atoms with Gasteiger partial charge in [0.05, 0.1) is 34.1 Å². The number of nitrogens with one attached hydrogen (secondary N) is 2. The Hall–Kier alpha value is -4.54. The second kappa shape index (κ2) is 10.4. The average molecular weight is 522 g/mol. The van der Waals surface area contributed by atoms with E-state index in [1.54, 1.807) is 35.6 Å². The van der Waals surface area contributed by atoms with Crippen molar-refractivity contribution in [3.63, 3.8) is 0 Å². The first kappa shape index (κ1) is 24.6. The maximum Gasteiger partial charge on any atom is 0.263 e. The van der Waals surface area contributed by atoms with E-state index in [0.717, 1.165) is 16.9 Å². The normalized spacial score (nSPS) is 12.0. The SMILES string of the molecule is CN=CC(=CN)c1cc(-c2c[nH][n+](C)c2)c(Oc2ccc(S(=O)(=O)Nc3nccs3)cc2C#N)cn1. The van der Waals surface area contributed by atoms with Crippen LogP contribution in [-0.4, -0.2) is 36.7 Å². The molecule has 4 N–H and O–H groups in total. The monoisotopic (exact) mass is 521 g/mol. The van der Waals surface area contributed by atoms with Crippen molar-refractivity contribution in [2.24, 2.45) is 17.8 Å². The van der Waals surface area contributed by atoms with Crippen LogP contribution in [0.2, 0.25) is 0 Å². The van der Waals surface area contributed by atoms with Crippen LogP contribution in [0.1, 0.15) is 11.3 Å². The molecule has 3 aromatic heterocycles. The van der Waals surface area contributed by atoms with Crippen LogP contribution in [-0.2, 0) is 17.1 Å². The third-order valence-corrected chi connectivity index (χ3v) is 7.09. The van der Waals surface area contributed by atoms with Gasteiger partial charge in [-0.25, -0.2) is 13.4 Å².